The van der Waals surface area contributed by atoms with Crippen LogP contribution in [0.1, 0.15) is 12.1 Å². The number of anilines is 2. The molecule has 1 amide bonds. The summed E-state index contributed by atoms with van der Waals surface area (Å²) in [6.07, 6.45) is -7.36. The zero-order valence-corrected chi connectivity index (χ0v) is 20.2. The number of carbonyl (C=O) groups excluding carboxylic acids is 1. The van der Waals surface area contributed by atoms with Crippen molar-refractivity contribution in [1.29, 1.82) is 0 Å². The number of thiazole rings is 1. The monoisotopic (exact) mass is 526 g/mol. The molecule has 0 bridgehead atoms. The minimum Gasteiger partial charge on any atom is -0.449 e. The molecule has 10 nitrogen and oxygen atoms in total. The Hall–Kier alpha value is -3.23. The Morgan fingerprint density at radius 1 is 1.19 bits per heavy atom. The highest BCUT2D eigenvalue weighted by atomic mass is 32.1. The van der Waals surface area contributed by atoms with Crippen molar-refractivity contribution in [2.45, 2.75) is 37.8 Å². The summed E-state index contributed by atoms with van der Waals surface area (Å²) < 4.78 is 44.3. The summed E-state index contributed by atoms with van der Waals surface area (Å²) in [7, 11) is 1.40. The first-order valence-corrected chi connectivity index (χ1v) is 11.9. The highest BCUT2D eigenvalue weighted by molar-refractivity contribution is 7.21. The van der Waals surface area contributed by atoms with Crippen LogP contribution < -0.4 is 16.0 Å². The van der Waals surface area contributed by atoms with Crippen molar-refractivity contribution >= 4 is 39.4 Å². The van der Waals surface area contributed by atoms with E-state index in [4.69, 9.17) is 4.74 Å². The van der Waals surface area contributed by atoms with Gasteiger partial charge in [-0.1, -0.05) is 12.1 Å². The highest BCUT2D eigenvalue weighted by Crippen LogP contribution is 2.38. The maximum atomic E-state index is 12.8. The van der Waals surface area contributed by atoms with Crippen molar-refractivity contribution in [3.05, 3.63) is 30.0 Å². The number of carbonyl (C=O) groups is 1. The number of fused-ring (bicyclic) bond motifs is 1. The van der Waals surface area contributed by atoms with E-state index in [1.54, 1.807) is 6.92 Å². The predicted octanol–water partition coefficient (Wildman–Crippen LogP) is 2.91. The Kier molecular flexibility index (Phi) is 7.47. The molecule has 2 aromatic heterocycles. The standard InChI is InChI=1S/C22H25F3N6O4S/c1-10-15(19-30-12-5-3-4-6-14(12)36-19)18(31-20(28-10)27-9-22(23,24)25)29-13-7-11(16(32)17(13)33)8-35-21(34)26-2/h3-6,11,13,16-17,32-33H,7-9H2,1-2H3,(H,26,34)(H2,27,28,29,31). The zero-order valence-electron chi connectivity index (χ0n) is 19.3. The number of amides is 1. The number of aromatic nitrogens is 3. The number of para-hydroxylation sites is 1. The van der Waals surface area contributed by atoms with Crippen LogP contribution in [0.15, 0.2) is 24.3 Å². The van der Waals surface area contributed by atoms with E-state index in [-0.39, 0.29) is 24.8 Å². The second kappa shape index (κ2) is 10.4. The number of aliphatic hydroxyl groups is 2. The number of hydrogen-bond acceptors (Lipinski definition) is 10. The smallest absolute Gasteiger partial charge is 0.406 e. The average molecular weight is 527 g/mol. The highest BCUT2D eigenvalue weighted by Gasteiger charge is 2.42. The van der Waals surface area contributed by atoms with E-state index in [0.29, 0.717) is 16.3 Å². The third kappa shape index (κ3) is 5.77. The van der Waals surface area contributed by atoms with Crippen molar-refractivity contribution in [3.63, 3.8) is 0 Å². The minimum absolute atomic E-state index is 0.123. The van der Waals surface area contributed by atoms with Gasteiger partial charge in [0.15, 0.2) is 0 Å². The van der Waals surface area contributed by atoms with Crippen LogP contribution in [0.3, 0.4) is 0 Å². The number of halogens is 3. The van der Waals surface area contributed by atoms with Gasteiger partial charge in [-0.25, -0.2) is 14.8 Å². The van der Waals surface area contributed by atoms with Gasteiger partial charge in [-0.15, -0.1) is 11.3 Å². The second-order valence-corrected chi connectivity index (χ2v) is 9.42. The Balaban J connectivity index is 1.66. The number of aliphatic hydroxyl groups excluding tert-OH is 2. The second-order valence-electron chi connectivity index (χ2n) is 8.39. The maximum absolute atomic E-state index is 12.8. The molecule has 14 heteroatoms. The first kappa shape index (κ1) is 25.9. The molecule has 5 N–H and O–H groups in total. The summed E-state index contributed by atoms with van der Waals surface area (Å²) in [5, 5.41) is 29.2. The summed E-state index contributed by atoms with van der Waals surface area (Å²) in [5.41, 5.74) is 1.59. The fourth-order valence-electron chi connectivity index (χ4n) is 4.03. The summed E-state index contributed by atoms with van der Waals surface area (Å²) >= 11 is 1.37. The third-order valence-corrected chi connectivity index (χ3v) is 6.86. The molecular weight excluding hydrogens is 501 g/mol. The van der Waals surface area contributed by atoms with Gasteiger partial charge in [-0.3, -0.25) is 0 Å². The molecule has 1 aliphatic rings. The Labute approximate surface area is 207 Å². The van der Waals surface area contributed by atoms with E-state index in [1.165, 1.54) is 18.4 Å². The molecule has 1 aromatic carbocycles. The number of nitrogens with zero attached hydrogens (tertiary/aromatic N) is 3. The Bertz CT molecular complexity index is 1210. The van der Waals surface area contributed by atoms with Crippen LogP contribution in [0.4, 0.5) is 29.7 Å². The molecule has 0 radical (unpaired) electrons. The first-order chi connectivity index (χ1) is 17.1. The molecule has 1 saturated carbocycles. The van der Waals surface area contributed by atoms with E-state index < -0.39 is 43.0 Å². The molecule has 1 aliphatic carbocycles. The van der Waals surface area contributed by atoms with E-state index in [1.807, 2.05) is 24.3 Å². The van der Waals surface area contributed by atoms with Crippen molar-refractivity contribution in [2.24, 2.45) is 5.92 Å². The molecule has 4 unspecified atom stereocenters. The number of hydrogen-bond donors (Lipinski definition) is 5. The fourth-order valence-corrected chi connectivity index (χ4v) is 5.10. The van der Waals surface area contributed by atoms with Crippen LogP contribution in [0, 0.1) is 12.8 Å². The van der Waals surface area contributed by atoms with Gasteiger partial charge >= 0.3 is 12.3 Å². The van der Waals surface area contributed by atoms with Gasteiger partial charge in [0.1, 0.15) is 23.5 Å². The molecule has 0 spiro atoms. The topological polar surface area (TPSA) is 142 Å². The van der Waals surface area contributed by atoms with Gasteiger partial charge in [0.05, 0.1) is 40.2 Å². The molecule has 0 saturated heterocycles. The van der Waals surface area contributed by atoms with Crippen LogP contribution >= 0.6 is 11.3 Å². The molecule has 4 rings (SSSR count). The summed E-state index contributed by atoms with van der Waals surface area (Å²) in [6, 6.07) is 6.72. The number of alkyl carbamates (subject to hydrolysis) is 1. The van der Waals surface area contributed by atoms with Crippen LogP contribution in [0.2, 0.25) is 0 Å². The lowest BCUT2D eigenvalue weighted by molar-refractivity contribution is -0.115. The summed E-state index contributed by atoms with van der Waals surface area (Å²) in [5.74, 6) is -0.647. The molecule has 3 aromatic rings. The molecule has 4 atom stereocenters. The fraction of sp³-hybridized carbons (Fsp3) is 0.455. The number of benzene rings is 1. The van der Waals surface area contributed by atoms with Crippen LogP contribution in [-0.2, 0) is 4.74 Å². The quantitative estimate of drug-likeness (QED) is 0.314. The predicted molar refractivity (Wildman–Crippen MR) is 128 cm³/mol. The SMILES string of the molecule is CNC(=O)OCC1CC(Nc2nc(NCC(F)(F)F)nc(C)c2-c2nc3ccccc3s2)C(O)C1O. The summed E-state index contributed by atoms with van der Waals surface area (Å²) in [6.45, 7) is 0.186. The lowest BCUT2D eigenvalue weighted by atomic mass is 10.1. The van der Waals surface area contributed by atoms with E-state index >= 15 is 0 Å². The van der Waals surface area contributed by atoms with E-state index in [2.05, 4.69) is 30.9 Å². The lowest BCUT2D eigenvalue weighted by Gasteiger charge is -2.21. The van der Waals surface area contributed by atoms with E-state index in [9.17, 15) is 28.2 Å². The molecule has 36 heavy (non-hydrogen) atoms. The van der Waals surface area contributed by atoms with Crippen molar-refractivity contribution < 1.29 is 32.9 Å². The normalized spacial score (nSPS) is 22.0. The molecule has 2 heterocycles. The van der Waals surface area contributed by atoms with Crippen LogP contribution in [0.25, 0.3) is 20.8 Å². The van der Waals surface area contributed by atoms with Gasteiger partial charge in [0.25, 0.3) is 0 Å². The zero-order chi connectivity index (χ0) is 26.0. The van der Waals surface area contributed by atoms with Gasteiger partial charge in [-0.05, 0) is 25.5 Å². The Morgan fingerprint density at radius 3 is 2.64 bits per heavy atom. The third-order valence-electron chi connectivity index (χ3n) is 5.80. The molecular formula is C22H25F3N6O4S. The number of nitrogens with one attached hydrogen (secondary N) is 3. The number of ether oxygens (including phenoxy) is 1. The largest absolute Gasteiger partial charge is 0.449 e. The van der Waals surface area contributed by atoms with Gasteiger partial charge in [0.2, 0.25) is 5.95 Å². The molecule has 1 fully saturated rings. The first-order valence-electron chi connectivity index (χ1n) is 11.1. The van der Waals surface area contributed by atoms with Gasteiger partial charge in [-0.2, -0.15) is 18.2 Å². The van der Waals surface area contributed by atoms with Crippen LogP contribution in [0.5, 0.6) is 0 Å². The Morgan fingerprint density at radius 2 is 1.94 bits per heavy atom. The van der Waals surface area contributed by atoms with Gasteiger partial charge in [0, 0.05) is 13.0 Å². The van der Waals surface area contributed by atoms with E-state index in [0.717, 1.165) is 10.2 Å². The van der Waals surface area contributed by atoms with Crippen LogP contribution in [-0.4, -0.2) is 75.9 Å². The average Bonchev–Trinajstić information content (AvgIpc) is 3.36. The summed E-state index contributed by atoms with van der Waals surface area (Å²) in [4.78, 5) is 24.5. The number of aryl methyl sites for hydroxylation is 1. The van der Waals surface area contributed by atoms with Crippen molar-refractivity contribution in [2.75, 3.05) is 30.8 Å². The van der Waals surface area contributed by atoms with Crippen molar-refractivity contribution in [3.8, 4) is 10.6 Å². The lowest BCUT2D eigenvalue weighted by Crippen LogP contribution is -2.36. The molecule has 0 aliphatic heterocycles. The number of alkyl halides is 3. The molecule has 194 valence electrons. The van der Waals surface area contributed by atoms with Crippen molar-refractivity contribution in [1.82, 2.24) is 20.3 Å². The number of rotatable bonds is 7. The van der Waals surface area contributed by atoms with Gasteiger partial charge < -0.3 is 30.9 Å². The maximum Gasteiger partial charge on any atom is 0.406 e. The minimum atomic E-state index is -4.47.